The molecule has 1 aliphatic carbocycles. The van der Waals surface area contributed by atoms with E-state index < -0.39 is 11.5 Å². The Bertz CT molecular complexity index is 396. The third kappa shape index (κ3) is 2.91. The number of nitrogens with one attached hydrogen (secondary N) is 1. The van der Waals surface area contributed by atoms with Crippen LogP contribution in [0.2, 0.25) is 0 Å². The van der Waals surface area contributed by atoms with E-state index in [-0.39, 0.29) is 0 Å². The molecule has 0 aliphatic heterocycles. The van der Waals surface area contributed by atoms with Gasteiger partial charge in [-0.1, -0.05) is 19.3 Å². The number of carboxylic acid groups (broad SMARTS) is 1. The van der Waals surface area contributed by atoms with E-state index in [1.54, 1.807) is 0 Å². The largest absolute Gasteiger partial charge is 0.480 e. The molecule has 17 heavy (non-hydrogen) atoms. The van der Waals surface area contributed by atoms with Crippen LogP contribution in [0.4, 0.5) is 5.69 Å². The van der Waals surface area contributed by atoms with Gasteiger partial charge in [0.2, 0.25) is 0 Å². The second-order valence-corrected chi connectivity index (χ2v) is 5.83. The Labute approximate surface area is 115 Å². The first-order valence-electron chi connectivity index (χ1n) is 5.90. The lowest BCUT2D eigenvalue weighted by Crippen LogP contribution is -2.47. The average Bonchev–Trinajstić information content (AvgIpc) is 2.33. The number of halogens is 1. The van der Waals surface area contributed by atoms with Crippen molar-refractivity contribution < 1.29 is 9.90 Å². The van der Waals surface area contributed by atoms with Crippen molar-refractivity contribution in [1.82, 2.24) is 0 Å². The van der Waals surface area contributed by atoms with E-state index >= 15 is 0 Å². The number of carboxylic acids is 1. The van der Waals surface area contributed by atoms with Crippen molar-refractivity contribution in [2.45, 2.75) is 37.6 Å². The molecule has 0 heterocycles. The Morgan fingerprint density at radius 1 is 1.18 bits per heavy atom. The van der Waals surface area contributed by atoms with Crippen molar-refractivity contribution in [3.8, 4) is 0 Å². The Morgan fingerprint density at radius 3 is 2.29 bits per heavy atom. The number of rotatable bonds is 3. The third-order valence-electron chi connectivity index (χ3n) is 3.34. The number of hydrogen-bond donors (Lipinski definition) is 2. The van der Waals surface area contributed by atoms with Crippen LogP contribution in [0.3, 0.4) is 0 Å². The Kier molecular flexibility index (Phi) is 3.91. The topological polar surface area (TPSA) is 49.3 Å². The fourth-order valence-corrected chi connectivity index (χ4v) is 2.72. The summed E-state index contributed by atoms with van der Waals surface area (Å²) in [5, 5.41) is 12.7. The standard InChI is InChI=1S/C13H16INO2/c14-10-4-6-11(7-5-10)15-13(12(16)17)8-2-1-3-9-13/h4-7,15H,1-3,8-9H2,(H,16,17). The molecule has 0 radical (unpaired) electrons. The van der Waals surface area contributed by atoms with Crippen molar-refractivity contribution >= 4 is 34.2 Å². The van der Waals surface area contributed by atoms with Gasteiger partial charge >= 0.3 is 5.97 Å². The molecule has 92 valence electrons. The lowest BCUT2D eigenvalue weighted by molar-refractivity contribution is -0.143. The summed E-state index contributed by atoms with van der Waals surface area (Å²) in [6, 6.07) is 7.87. The Morgan fingerprint density at radius 2 is 1.76 bits per heavy atom. The van der Waals surface area contributed by atoms with Crippen LogP contribution in [-0.4, -0.2) is 16.6 Å². The molecule has 0 spiro atoms. The van der Waals surface area contributed by atoms with Crippen LogP contribution in [-0.2, 0) is 4.79 Å². The molecule has 0 aromatic heterocycles. The highest BCUT2D eigenvalue weighted by Gasteiger charge is 2.39. The minimum atomic E-state index is -0.759. The quantitative estimate of drug-likeness (QED) is 0.825. The van der Waals surface area contributed by atoms with Crippen molar-refractivity contribution in [3.05, 3.63) is 27.8 Å². The van der Waals surface area contributed by atoms with E-state index in [9.17, 15) is 9.90 Å². The zero-order chi connectivity index (χ0) is 12.3. The van der Waals surface area contributed by atoms with Gasteiger partial charge in [0, 0.05) is 9.26 Å². The van der Waals surface area contributed by atoms with E-state index in [4.69, 9.17) is 0 Å². The van der Waals surface area contributed by atoms with Crippen LogP contribution in [0.15, 0.2) is 24.3 Å². The first kappa shape index (κ1) is 12.7. The molecular formula is C13H16INO2. The molecule has 0 saturated heterocycles. The lowest BCUT2D eigenvalue weighted by Gasteiger charge is -2.34. The molecule has 0 bridgehead atoms. The van der Waals surface area contributed by atoms with Crippen molar-refractivity contribution in [2.75, 3.05) is 5.32 Å². The van der Waals surface area contributed by atoms with Gasteiger partial charge in [-0.05, 0) is 59.7 Å². The van der Waals surface area contributed by atoms with Crippen LogP contribution < -0.4 is 5.32 Å². The molecule has 2 N–H and O–H groups in total. The number of aliphatic carboxylic acids is 1. The molecule has 1 fully saturated rings. The molecule has 0 unspecified atom stereocenters. The minimum absolute atomic E-state index is 0.717. The van der Waals surface area contributed by atoms with Crippen molar-refractivity contribution in [1.29, 1.82) is 0 Å². The smallest absolute Gasteiger partial charge is 0.329 e. The van der Waals surface area contributed by atoms with E-state index in [1.807, 2.05) is 24.3 Å². The Hall–Kier alpha value is -0.780. The molecule has 0 atom stereocenters. The van der Waals surface area contributed by atoms with Crippen LogP contribution >= 0.6 is 22.6 Å². The van der Waals surface area contributed by atoms with Gasteiger partial charge in [0.1, 0.15) is 5.54 Å². The average molecular weight is 345 g/mol. The monoisotopic (exact) mass is 345 g/mol. The zero-order valence-corrected chi connectivity index (χ0v) is 11.7. The van der Waals surface area contributed by atoms with Gasteiger partial charge in [0.15, 0.2) is 0 Å². The molecule has 2 rings (SSSR count). The summed E-state index contributed by atoms with van der Waals surface area (Å²) in [6.07, 6.45) is 4.55. The minimum Gasteiger partial charge on any atom is -0.480 e. The fraction of sp³-hybridized carbons (Fsp3) is 0.462. The molecule has 0 amide bonds. The van der Waals surface area contributed by atoms with Gasteiger partial charge in [0.05, 0.1) is 0 Å². The molecule has 3 nitrogen and oxygen atoms in total. The van der Waals surface area contributed by atoms with Crippen LogP contribution in [0.1, 0.15) is 32.1 Å². The molecule has 1 aromatic rings. The SMILES string of the molecule is O=C(O)C1(Nc2ccc(I)cc2)CCCCC1. The summed E-state index contributed by atoms with van der Waals surface area (Å²) in [5.41, 5.74) is 0.139. The van der Waals surface area contributed by atoms with E-state index in [2.05, 4.69) is 27.9 Å². The number of benzene rings is 1. The summed E-state index contributed by atoms with van der Waals surface area (Å²) >= 11 is 2.24. The maximum atomic E-state index is 11.5. The van der Waals surface area contributed by atoms with Crippen molar-refractivity contribution in [2.24, 2.45) is 0 Å². The summed E-state index contributed by atoms with van der Waals surface area (Å²) in [7, 11) is 0. The summed E-state index contributed by atoms with van der Waals surface area (Å²) in [6.45, 7) is 0. The van der Waals surface area contributed by atoms with Gasteiger partial charge in [-0.3, -0.25) is 0 Å². The zero-order valence-electron chi connectivity index (χ0n) is 9.58. The maximum absolute atomic E-state index is 11.5. The lowest BCUT2D eigenvalue weighted by atomic mass is 9.81. The van der Waals surface area contributed by atoms with Gasteiger partial charge < -0.3 is 10.4 Å². The van der Waals surface area contributed by atoms with Crippen molar-refractivity contribution in [3.63, 3.8) is 0 Å². The molecule has 4 heteroatoms. The first-order chi connectivity index (χ1) is 8.12. The van der Waals surface area contributed by atoms with E-state index in [0.29, 0.717) is 12.8 Å². The van der Waals surface area contributed by atoms with Crippen LogP contribution in [0.25, 0.3) is 0 Å². The number of carbonyl (C=O) groups is 1. The highest BCUT2D eigenvalue weighted by atomic mass is 127. The third-order valence-corrected chi connectivity index (χ3v) is 4.06. The predicted octanol–water partition coefficient (Wildman–Crippen LogP) is 3.49. The van der Waals surface area contributed by atoms with E-state index in [0.717, 1.165) is 28.5 Å². The fourth-order valence-electron chi connectivity index (χ4n) is 2.36. The molecular weight excluding hydrogens is 329 g/mol. The van der Waals surface area contributed by atoms with Crippen LogP contribution in [0, 0.1) is 3.57 Å². The first-order valence-corrected chi connectivity index (χ1v) is 6.97. The number of hydrogen-bond acceptors (Lipinski definition) is 2. The molecule has 1 aromatic carbocycles. The highest BCUT2D eigenvalue weighted by Crippen LogP contribution is 2.32. The second-order valence-electron chi connectivity index (χ2n) is 4.58. The molecule has 1 saturated carbocycles. The Balaban J connectivity index is 2.17. The molecule has 1 aliphatic rings. The summed E-state index contributed by atoms with van der Waals surface area (Å²) < 4.78 is 1.15. The predicted molar refractivity (Wildman–Crippen MR) is 76.2 cm³/mol. The number of anilines is 1. The summed E-state index contributed by atoms with van der Waals surface area (Å²) in [5.74, 6) is -0.726. The summed E-state index contributed by atoms with van der Waals surface area (Å²) in [4.78, 5) is 11.5. The van der Waals surface area contributed by atoms with Gasteiger partial charge in [-0.15, -0.1) is 0 Å². The van der Waals surface area contributed by atoms with Gasteiger partial charge in [0.25, 0.3) is 0 Å². The van der Waals surface area contributed by atoms with E-state index in [1.165, 1.54) is 0 Å². The maximum Gasteiger partial charge on any atom is 0.329 e. The van der Waals surface area contributed by atoms with Crippen LogP contribution in [0.5, 0.6) is 0 Å². The highest BCUT2D eigenvalue weighted by molar-refractivity contribution is 14.1. The van der Waals surface area contributed by atoms with Gasteiger partial charge in [-0.25, -0.2) is 4.79 Å². The van der Waals surface area contributed by atoms with Gasteiger partial charge in [-0.2, -0.15) is 0 Å². The second kappa shape index (κ2) is 5.25. The normalized spacial score (nSPS) is 18.6.